The maximum Gasteiger partial charge on any atom is 0.150 e. The van der Waals surface area contributed by atoms with Gasteiger partial charge in [0.25, 0.3) is 0 Å². The summed E-state index contributed by atoms with van der Waals surface area (Å²) in [6, 6.07) is 0. The van der Waals surface area contributed by atoms with Crippen LogP contribution in [0.1, 0.15) is 18.6 Å². The Kier molecular flexibility index (Phi) is 2.36. The lowest BCUT2D eigenvalue weighted by Crippen LogP contribution is -2.03. The van der Waals surface area contributed by atoms with Crippen molar-refractivity contribution in [2.24, 2.45) is 0 Å². The maximum absolute atomic E-state index is 10.1. The monoisotopic (exact) mass is 153 g/mol. The second-order valence-electron chi connectivity index (χ2n) is 2.28. The molecule has 1 aromatic heterocycles. The summed E-state index contributed by atoms with van der Waals surface area (Å²) in [5, 5.41) is 4.09. The lowest BCUT2D eigenvalue weighted by molar-refractivity contribution is -0.108. The average molecular weight is 153 g/mol. The van der Waals surface area contributed by atoms with Gasteiger partial charge in [0.2, 0.25) is 0 Å². The van der Waals surface area contributed by atoms with Gasteiger partial charge in [-0.3, -0.25) is 0 Å². The van der Waals surface area contributed by atoms with Crippen molar-refractivity contribution >= 4 is 6.29 Å². The normalized spacial score (nSPS) is 10.0. The van der Waals surface area contributed by atoms with E-state index < -0.39 is 0 Å². The Balaban J connectivity index is 2.87. The molecule has 0 bridgehead atoms. The Morgan fingerprint density at radius 3 is 2.82 bits per heavy atom. The van der Waals surface area contributed by atoms with Gasteiger partial charge in [-0.15, -0.1) is 0 Å². The molecule has 0 unspecified atom stereocenters. The fraction of sp³-hybridized carbons (Fsp3) is 0.571. The minimum atomic E-state index is 0.304. The Hall–Kier alpha value is -1.19. The first-order valence-electron chi connectivity index (χ1n) is 3.62. The molecule has 60 valence electrons. The first-order chi connectivity index (χ1) is 5.27. The molecule has 0 aliphatic rings. The Morgan fingerprint density at radius 2 is 2.36 bits per heavy atom. The number of carbonyl (C=O) groups is 1. The van der Waals surface area contributed by atoms with Crippen LogP contribution in [-0.4, -0.2) is 21.1 Å². The molecule has 0 aliphatic carbocycles. The van der Waals surface area contributed by atoms with E-state index in [2.05, 4.69) is 10.1 Å². The lowest BCUT2D eigenvalue weighted by Gasteiger charge is -1.92. The molecule has 1 heterocycles. The van der Waals surface area contributed by atoms with Crippen LogP contribution < -0.4 is 0 Å². The zero-order valence-corrected chi connectivity index (χ0v) is 6.74. The van der Waals surface area contributed by atoms with Gasteiger partial charge >= 0.3 is 0 Å². The van der Waals surface area contributed by atoms with E-state index in [-0.39, 0.29) is 0 Å². The second-order valence-corrected chi connectivity index (χ2v) is 2.28. The summed E-state index contributed by atoms with van der Waals surface area (Å²) in [6.07, 6.45) is 1.63. The molecule has 0 saturated carbocycles. The van der Waals surface area contributed by atoms with Gasteiger partial charge in [-0.1, -0.05) is 6.92 Å². The molecule has 0 aliphatic heterocycles. The van der Waals surface area contributed by atoms with E-state index in [1.165, 1.54) is 0 Å². The molecule has 0 fully saturated rings. The van der Waals surface area contributed by atoms with E-state index in [1.54, 1.807) is 4.68 Å². The van der Waals surface area contributed by atoms with Gasteiger partial charge in [0.05, 0.1) is 6.54 Å². The molecule has 0 atom stereocenters. The van der Waals surface area contributed by atoms with Crippen LogP contribution in [0.2, 0.25) is 0 Å². The number of aryl methyl sites for hydroxylation is 2. The quantitative estimate of drug-likeness (QED) is 0.588. The molecule has 4 heteroatoms. The van der Waals surface area contributed by atoms with Gasteiger partial charge in [-0.2, -0.15) is 5.10 Å². The highest BCUT2D eigenvalue weighted by atomic mass is 16.1. The number of rotatable bonds is 3. The molecule has 0 saturated heterocycles. The highest BCUT2D eigenvalue weighted by Crippen LogP contribution is 1.96. The van der Waals surface area contributed by atoms with Gasteiger partial charge in [0.15, 0.2) is 5.82 Å². The molecule has 0 radical (unpaired) electrons. The van der Waals surface area contributed by atoms with Crippen molar-refractivity contribution in [3.8, 4) is 0 Å². The van der Waals surface area contributed by atoms with Crippen molar-refractivity contribution in [1.82, 2.24) is 14.8 Å². The topological polar surface area (TPSA) is 47.8 Å². The third-order valence-corrected chi connectivity index (χ3v) is 1.46. The standard InChI is InChI=1S/C7H11N3O/c1-3-7-8-6(2)10(9-7)4-5-11/h5H,3-4H2,1-2H3. The summed E-state index contributed by atoms with van der Waals surface area (Å²) in [6.45, 7) is 4.13. The average Bonchev–Trinajstić information content (AvgIpc) is 2.33. The number of aromatic nitrogens is 3. The van der Waals surface area contributed by atoms with Gasteiger partial charge in [0, 0.05) is 6.42 Å². The summed E-state index contributed by atoms with van der Waals surface area (Å²) in [5.41, 5.74) is 0. The lowest BCUT2D eigenvalue weighted by atomic mass is 10.5. The number of aldehydes is 1. The van der Waals surface area contributed by atoms with Crippen molar-refractivity contribution in [3.63, 3.8) is 0 Å². The van der Waals surface area contributed by atoms with Gasteiger partial charge in [-0.25, -0.2) is 9.67 Å². The van der Waals surface area contributed by atoms with Crippen LogP contribution in [0.5, 0.6) is 0 Å². The van der Waals surface area contributed by atoms with Crippen molar-refractivity contribution < 1.29 is 4.79 Å². The second kappa shape index (κ2) is 3.27. The maximum atomic E-state index is 10.1. The van der Waals surface area contributed by atoms with Crippen LogP contribution in [0, 0.1) is 6.92 Å². The molecule has 0 spiro atoms. The molecular weight excluding hydrogens is 142 g/mol. The van der Waals surface area contributed by atoms with Crippen molar-refractivity contribution in [2.75, 3.05) is 0 Å². The largest absolute Gasteiger partial charge is 0.301 e. The van der Waals surface area contributed by atoms with Crippen LogP contribution in [0.25, 0.3) is 0 Å². The van der Waals surface area contributed by atoms with Crippen molar-refractivity contribution in [2.45, 2.75) is 26.8 Å². The SMILES string of the molecule is CCc1nc(C)n(CC=O)n1. The summed E-state index contributed by atoms with van der Waals surface area (Å²) in [4.78, 5) is 14.3. The van der Waals surface area contributed by atoms with E-state index in [1.807, 2.05) is 13.8 Å². The first-order valence-corrected chi connectivity index (χ1v) is 3.62. The van der Waals surface area contributed by atoms with Crippen LogP contribution in [-0.2, 0) is 17.8 Å². The highest BCUT2D eigenvalue weighted by Gasteiger charge is 2.01. The Labute approximate surface area is 65.2 Å². The van der Waals surface area contributed by atoms with E-state index in [4.69, 9.17) is 0 Å². The number of carbonyl (C=O) groups excluding carboxylic acids is 1. The summed E-state index contributed by atoms with van der Waals surface area (Å²) < 4.78 is 1.60. The van der Waals surface area contributed by atoms with E-state index in [0.717, 1.165) is 24.4 Å². The number of hydrogen-bond acceptors (Lipinski definition) is 3. The van der Waals surface area contributed by atoms with Gasteiger partial charge in [0.1, 0.15) is 12.1 Å². The van der Waals surface area contributed by atoms with Crippen LogP contribution >= 0.6 is 0 Å². The summed E-state index contributed by atoms with van der Waals surface area (Å²) in [5.74, 6) is 1.60. The molecule has 0 aromatic carbocycles. The minimum Gasteiger partial charge on any atom is -0.301 e. The number of hydrogen-bond donors (Lipinski definition) is 0. The van der Waals surface area contributed by atoms with E-state index >= 15 is 0 Å². The Morgan fingerprint density at radius 1 is 1.64 bits per heavy atom. The third-order valence-electron chi connectivity index (χ3n) is 1.46. The minimum absolute atomic E-state index is 0.304. The molecular formula is C7H11N3O. The van der Waals surface area contributed by atoms with Gasteiger partial charge in [-0.05, 0) is 6.92 Å². The fourth-order valence-electron chi connectivity index (χ4n) is 0.872. The van der Waals surface area contributed by atoms with Crippen LogP contribution in [0.3, 0.4) is 0 Å². The van der Waals surface area contributed by atoms with E-state index in [9.17, 15) is 4.79 Å². The van der Waals surface area contributed by atoms with Crippen molar-refractivity contribution in [1.29, 1.82) is 0 Å². The Bertz CT molecular complexity index is 254. The fourth-order valence-corrected chi connectivity index (χ4v) is 0.872. The first kappa shape index (κ1) is 7.91. The molecule has 1 aromatic rings. The predicted molar refractivity (Wildman–Crippen MR) is 40.2 cm³/mol. The predicted octanol–water partition coefficient (Wildman–Crippen LogP) is 0.348. The van der Waals surface area contributed by atoms with E-state index in [0.29, 0.717) is 6.54 Å². The molecule has 0 N–H and O–H groups in total. The molecule has 11 heavy (non-hydrogen) atoms. The zero-order chi connectivity index (χ0) is 8.27. The smallest absolute Gasteiger partial charge is 0.150 e. The van der Waals surface area contributed by atoms with Gasteiger partial charge < -0.3 is 4.79 Å². The number of nitrogens with zero attached hydrogens (tertiary/aromatic N) is 3. The van der Waals surface area contributed by atoms with Crippen LogP contribution in [0.4, 0.5) is 0 Å². The molecule has 0 amide bonds. The summed E-state index contributed by atoms with van der Waals surface area (Å²) in [7, 11) is 0. The van der Waals surface area contributed by atoms with Crippen molar-refractivity contribution in [3.05, 3.63) is 11.6 Å². The third kappa shape index (κ3) is 1.63. The zero-order valence-electron chi connectivity index (χ0n) is 6.74. The highest BCUT2D eigenvalue weighted by molar-refractivity contribution is 5.48. The molecule has 4 nitrogen and oxygen atoms in total. The molecule has 1 rings (SSSR count). The van der Waals surface area contributed by atoms with Crippen LogP contribution in [0.15, 0.2) is 0 Å². The summed E-state index contributed by atoms with van der Waals surface area (Å²) >= 11 is 0.